The van der Waals surface area contributed by atoms with Gasteiger partial charge in [0.2, 0.25) is 17.6 Å². The number of hydrogen-bond donors (Lipinski definition) is 0. The molecular formula is C21H23N3O3S. The van der Waals surface area contributed by atoms with Gasteiger partial charge in [-0.05, 0) is 54.8 Å². The molecule has 0 spiro atoms. The van der Waals surface area contributed by atoms with Gasteiger partial charge in [0.1, 0.15) is 5.75 Å². The van der Waals surface area contributed by atoms with Crippen LogP contribution in [0.1, 0.15) is 36.3 Å². The summed E-state index contributed by atoms with van der Waals surface area (Å²) in [6.45, 7) is 2.82. The molecule has 2 aromatic heterocycles. The minimum absolute atomic E-state index is 0.114. The summed E-state index contributed by atoms with van der Waals surface area (Å²) >= 11 is 1.58. The number of aryl methyl sites for hydroxylation is 2. The van der Waals surface area contributed by atoms with E-state index in [9.17, 15) is 4.79 Å². The van der Waals surface area contributed by atoms with Crippen LogP contribution in [-0.2, 0) is 17.6 Å². The van der Waals surface area contributed by atoms with Crippen LogP contribution in [0.3, 0.4) is 0 Å². The van der Waals surface area contributed by atoms with E-state index >= 15 is 0 Å². The van der Waals surface area contributed by atoms with Crippen LogP contribution < -0.4 is 9.64 Å². The van der Waals surface area contributed by atoms with Crippen molar-refractivity contribution in [1.29, 1.82) is 0 Å². The van der Waals surface area contributed by atoms with Crippen molar-refractivity contribution in [2.75, 3.05) is 18.6 Å². The Labute approximate surface area is 168 Å². The van der Waals surface area contributed by atoms with Crippen molar-refractivity contribution in [3.05, 3.63) is 46.7 Å². The van der Waals surface area contributed by atoms with Gasteiger partial charge in [-0.25, -0.2) is 0 Å². The summed E-state index contributed by atoms with van der Waals surface area (Å²) in [6, 6.07) is 7.93. The van der Waals surface area contributed by atoms with E-state index in [0.29, 0.717) is 31.0 Å². The SMILES string of the molecule is COc1ccc(C)c2c1N(C(=O)CCCc1nc(-c3cccs3)no1)CCC2. The molecular weight excluding hydrogens is 374 g/mol. The van der Waals surface area contributed by atoms with Crippen molar-refractivity contribution >= 4 is 22.9 Å². The molecule has 6 nitrogen and oxygen atoms in total. The first-order valence-electron chi connectivity index (χ1n) is 9.50. The Balaban J connectivity index is 1.41. The highest BCUT2D eigenvalue weighted by Gasteiger charge is 2.27. The molecule has 0 N–H and O–H groups in total. The van der Waals surface area contributed by atoms with Gasteiger partial charge in [0.15, 0.2) is 0 Å². The van der Waals surface area contributed by atoms with Crippen LogP contribution in [0.25, 0.3) is 10.7 Å². The molecule has 146 valence electrons. The predicted molar refractivity (Wildman–Crippen MR) is 109 cm³/mol. The minimum atomic E-state index is 0.114. The van der Waals surface area contributed by atoms with E-state index in [4.69, 9.17) is 9.26 Å². The second-order valence-corrected chi connectivity index (χ2v) is 7.85. The third-order valence-corrected chi connectivity index (χ3v) is 5.94. The molecule has 0 saturated carbocycles. The number of benzene rings is 1. The molecule has 7 heteroatoms. The zero-order valence-electron chi connectivity index (χ0n) is 16.1. The number of carbonyl (C=O) groups is 1. The lowest BCUT2D eigenvalue weighted by atomic mass is 9.96. The zero-order chi connectivity index (χ0) is 19.5. The fourth-order valence-corrected chi connectivity index (χ4v) is 4.30. The van der Waals surface area contributed by atoms with E-state index in [1.807, 2.05) is 28.5 Å². The molecule has 3 heterocycles. The number of methoxy groups -OCH3 is 1. The Morgan fingerprint density at radius 1 is 1.36 bits per heavy atom. The fraction of sp³-hybridized carbons (Fsp3) is 0.381. The summed E-state index contributed by atoms with van der Waals surface area (Å²) < 4.78 is 10.9. The zero-order valence-corrected chi connectivity index (χ0v) is 16.9. The Hall–Kier alpha value is -2.67. The highest BCUT2D eigenvalue weighted by molar-refractivity contribution is 7.13. The Morgan fingerprint density at radius 2 is 2.25 bits per heavy atom. The third-order valence-electron chi connectivity index (χ3n) is 5.07. The quantitative estimate of drug-likeness (QED) is 0.616. The first-order chi connectivity index (χ1) is 13.7. The van der Waals surface area contributed by atoms with Crippen molar-refractivity contribution in [3.63, 3.8) is 0 Å². The van der Waals surface area contributed by atoms with Gasteiger partial charge in [-0.15, -0.1) is 11.3 Å². The van der Waals surface area contributed by atoms with Gasteiger partial charge in [0.25, 0.3) is 0 Å². The third kappa shape index (κ3) is 3.67. The van der Waals surface area contributed by atoms with Gasteiger partial charge >= 0.3 is 0 Å². The second kappa shape index (κ2) is 8.14. The van der Waals surface area contributed by atoms with E-state index in [-0.39, 0.29) is 5.91 Å². The monoisotopic (exact) mass is 397 g/mol. The number of carbonyl (C=O) groups excluding carboxylic acids is 1. The number of hydrogen-bond acceptors (Lipinski definition) is 6. The van der Waals surface area contributed by atoms with Crippen molar-refractivity contribution in [3.8, 4) is 16.5 Å². The average Bonchev–Trinajstić information content (AvgIpc) is 3.40. The smallest absolute Gasteiger partial charge is 0.227 e. The second-order valence-electron chi connectivity index (χ2n) is 6.90. The van der Waals surface area contributed by atoms with E-state index in [1.165, 1.54) is 11.1 Å². The lowest BCUT2D eigenvalue weighted by Crippen LogP contribution is -2.36. The molecule has 0 bridgehead atoms. The van der Waals surface area contributed by atoms with Gasteiger partial charge < -0.3 is 14.2 Å². The maximum Gasteiger partial charge on any atom is 0.227 e. The molecule has 0 atom stereocenters. The van der Waals surface area contributed by atoms with Gasteiger partial charge in [-0.3, -0.25) is 4.79 Å². The molecule has 1 amide bonds. The van der Waals surface area contributed by atoms with Crippen LogP contribution in [0, 0.1) is 6.92 Å². The number of aromatic nitrogens is 2. The molecule has 4 rings (SSSR count). The van der Waals surface area contributed by atoms with Crippen LogP contribution in [0.5, 0.6) is 5.75 Å². The van der Waals surface area contributed by atoms with Gasteiger partial charge in [-0.2, -0.15) is 4.98 Å². The molecule has 0 aliphatic carbocycles. The van der Waals surface area contributed by atoms with E-state index in [0.717, 1.165) is 35.7 Å². The van der Waals surface area contributed by atoms with Gasteiger partial charge in [-0.1, -0.05) is 17.3 Å². The summed E-state index contributed by atoms with van der Waals surface area (Å²) in [5, 5.41) is 6.00. The summed E-state index contributed by atoms with van der Waals surface area (Å²) in [6.07, 6.45) is 3.66. The van der Waals surface area contributed by atoms with E-state index in [1.54, 1.807) is 18.4 Å². The first kappa shape index (κ1) is 18.7. The van der Waals surface area contributed by atoms with Crippen LogP contribution >= 0.6 is 11.3 Å². The number of anilines is 1. The fourth-order valence-electron chi connectivity index (χ4n) is 3.66. The number of fused-ring (bicyclic) bond motifs is 1. The highest BCUT2D eigenvalue weighted by Crippen LogP contribution is 2.38. The molecule has 0 fully saturated rings. The molecule has 0 saturated heterocycles. The van der Waals surface area contributed by atoms with Crippen LogP contribution in [0.2, 0.25) is 0 Å². The maximum atomic E-state index is 12.9. The Kier molecular flexibility index (Phi) is 5.43. The highest BCUT2D eigenvalue weighted by atomic mass is 32.1. The summed E-state index contributed by atoms with van der Waals surface area (Å²) in [7, 11) is 1.66. The first-order valence-corrected chi connectivity index (χ1v) is 10.4. The van der Waals surface area contributed by atoms with Crippen molar-refractivity contribution in [1.82, 2.24) is 10.1 Å². The number of ether oxygens (including phenoxy) is 1. The molecule has 1 aliphatic heterocycles. The Morgan fingerprint density at radius 3 is 3.04 bits per heavy atom. The molecule has 0 unspecified atom stereocenters. The number of amides is 1. The molecule has 0 radical (unpaired) electrons. The van der Waals surface area contributed by atoms with Crippen LogP contribution in [0.15, 0.2) is 34.2 Å². The standard InChI is InChI=1S/C21H23N3O3S/c1-14-10-11-16(26-2)20-15(14)6-4-12-24(20)19(25)9-3-8-18-22-21(23-27-18)17-7-5-13-28-17/h5,7,10-11,13H,3-4,6,8-9,12H2,1-2H3. The Bertz CT molecular complexity index is 965. The minimum Gasteiger partial charge on any atom is -0.495 e. The van der Waals surface area contributed by atoms with Crippen molar-refractivity contribution < 1.29 is 14.1 Å². The van der Waals surface area contributed by atoms with Crippen LogP contribution in [-0.4, -0.2) is 29.7 Å². The topological polar surface area (TPSA) is 68.5 Å². The molecule has 1 aromatic carbocycles. The van der Waals surface area contributed by atoms with Crippen molar-refractivity contribution in [2.24, 2.45) is 0 Å². The van der Waals surface area contributed by atoms with Gasteiger partial charge in [0, 0.05) is 19.4 Å². The van der Waals surface area contributed by atoms with Crippen LogP contribution in [0.4, 0.5) is 5.69 Å². The molecule has 28 heavy (non-hydrogen) atoms. The number of rotatable bonds is 6. The summed E-state index contributed by atoms with van der Waals surface area (Å²) in [5.74, 6) is 2.07. The molecule has 1 aliphatic rings. The van der Waals surface area contributed by atoms with E-state index in [2.05, 4.69) is 23.1 Å². The maximum absolute atomic E-state index is 12.9. The lowest BCUT2D eigenvalue weighted by Gasteiger charge is -2.32. The number of nitrogens with zero attached hydrogens (tertiary/aromatic N) is 3. The van der Waals surface area contributed by atoms with Crippen molar-refractivity contribution in [2.45, 2.75) is 39.0 Å². The normalized spacial score (nSPS) is 13.4. The largest absolute Gasteiger partial charge is 0.495 e. The number of thiophene rings is 1. The van der Waals surface area contributed by atoms with E-state index < -0.39 is 0 Å². The van der Waals surface area contributed by atoms with Gasteiger partial charge in [0.05, 0.1) is 17.7 Å². The average molecular weight is 398 g/mol. The molecule has 3 aromatic rings. The predicted octanol–water partition coefficient (Wildman–Crippen LogP) is 4.42. The lowest BCUT2D eigenvalue weighted by molar-refractivity contribution is -0.118. The summed E-state index contributed by atoms with van der Waals surface area (Å²) in [5.41, 5.74) is 3.37. The summed E-state index contributed by atoms with van der Waals surface area (Å²) in [4.78, 5) is 20.2.